The van der Waals surface area contributed by atoms with Gasteiger partial charge >= 0.3 is 0 Å². The summed E-state index contributed by atoms with van der Waals surface area (Å²) < 4.78 is 13.2. The van der Waals surface area contributed by atoms with E-state index in [4.69, 9.17) is 0 Å². The molecule has 0 amide bonds. The van der Waals surface area contributed by atoms with Gasteiger partial charge in [0.2, 0.25) is 0 Å². The van der Waals surface area contributed by atoms with Gasteiger partial charge in [0.1, 0.15) is 5.82 Å². The van der Waals surface area contributed by atoms with Crippen molar-refractivity contribution in [1.29, 1.82) is 0 Å². The molecule has 2 rings (SSSR count). The summed E-state index contributed by atoms with van der Waals surface area (Å²) in [6.45, 7) is 5.39. The first-order valence-electron chi connectivity index (χ1n) is 7.72. The number of hydrogen-bond donors (Lipinski definition) is 2. The third kappa shape index (κ3) is 3.39. The molecule has 2 nitrogen and oxygen atoms in total. The van der Waals surface area contributed by atoms with Crippen LogP contribution in [0, 0.1) is 11.2 Å². The van der Waals surface area contributed by atoms with E-state index in [1.165, 1.54) is 6.07 Å². The van der Waals surface area contributed by atoms with Gasteiger partial charge in [-0.25, -0.2) is 4.39 Å². The Balaban J connectivity index is 1.79. The van der Waals surface area contributed by atoms with E-state index in [-0.39, 0.29) is 17.8 Å². The summed E-state index contributed by atoms with van der Waals surface area (Å²) >= 11 is 0. The van der Waals surface area contributed by atoms with Crippen LogP contribution in [0.15, 0.2) is 24.3 Å². The molecule has 0 heterocycles. The van der Waals surface area contributed by atoms with E-state index in [1.807, 2.05) is 6.07 Å². The van der Waals surface area contributed by atoms with Gasteiger partial charge in [-0.2, -0.15) is 0 Å². The Morgan fingerprint density at radius 2 is 2.00 bits per heavy atom. The van der Waals surface area contributed by atoms with Gasteiger partial charge in [0.25, 0.3) is 0 Å². The minimum absolute atomic E-state index is 0.0178. The number of benzene rings is 1. The molecule has 0 saturated heterocycles. The lowest BCUT2D eigenvalue weighted by molar-refractivity contribution is 0.103. The maximum Gasteiger partial charge on any atom is 0.123 e. The van der Waals surface area contributed by atoms with E-state index >= 15 is 0 Å². The molecule has 1 fully saturated rings. The van der Waals surface area contributed by atoms with Crippen LogP contribution in [0.2, 0.25) is 0 Å². The Labute approximate surface area is 121 Å². The Bertz CT molecular complexity index is 416. The zero-order valence-electron chi connectivity index (χ0n) is 12.5. The zero-order chi connectivity index (χ0) is 14.6. The molecule has 1 aromatic rings. The van der Waals surface area contributed by atoms with Crippen LogP contribution >= 0.6 is 0 Å². The minimum atomic E-state index is -0.143. The topological polar surface area (TPSA) is 32.3 Å². The summed E-state index contributed by atoms with van der Waals surface area (Å²) in [5.41, 5.74) is 1.13. The standard InChI is InChI=1S/C17H26FNO/c1-3-17(4-2,12-20)11-19-16-9-14(10-16)13-6-5-7-15(18)8-13/h5-8,14,16,19-20H,3-4,9-12H2,1-2H3. The molecule has 20 heavy (non-hydrogen) atoms. The molecule has 0 unspecified atom stereocenters. The highest BCUT2D eigenvalue weighted by Gasteiger charge is 2.33. The monoisotopic (exact) mass is 279 g/mol. The normalized spacial score (nSPS) is 22.6. The molecule has 1 aliphatic rings. The molecule has 3 heteroatoms. The van der Waals surface area contributed by atoms with E-state index in [1.54, 1.807) is 12.1 Å². The van der Waals surface area contributed by atoms with Crippen LogP contribution in [0.3, 0.4) is 0 Å². The van der Waals surface area contributed by atoms with Crippen molar-refractivity contribution in [3.05, 3.63) is 35.6 Å². The van der Waals surface area contributed by atoms with Gasteiger partial charge in [-0.15, -0.1) is 0 Å². The highest BCUT2D eigenvalue weighted by molar-refractivity contribution is 5.23. The third-order valence-electron chi connectivity index (χ3n) is 5.06. The lowest BCUT2D eigenvalue weighted by Gasteiger charge is -2.39. The van der Waals surface area contributed by atoms with Crippen LogP contribution in [0.5, 0.6) is 0 Å². The van der Waals surface area contributed by atoms with Gasteiger partial charge in [0.15, 0.2) is 0 Å². The van der Waals surface area contributed by atoms with Gasteiger partial charge in [-0.05, 0) is 49.3 Å². The fourth-order valence-electron chi connectivity index (χ4n) is 2.96. The van der Waals surface area contributed by atoms with Crippen LogP contribution < -0.4 is 5.32 Å². The quantitative estimate of drug-likeness (QED) is 0.801. The summed E-state index contributed by atoms with van der Waals surface area (Å²) in [7, 11) is 0. The van der Waals surface area contributed by atoms with Crippen molar-refractivity contribution >= 4 is 0 Å². The molecule has 112 valence electrons. The largest absolute Gasteiger partial charge is 0.396 e. The Kier molecular flexibility index (Phi) is 5.17. The highest BCUT2D eigenvalue weighted by atomic mass is 19.1. The lowest BCUT2D eigenvalue weighted by atomic mass is 9.75. The van der Waals surface area contributed by atoms with Crippen molar-refractivity contribution in [1.82, 2.24) is 5.32 Å². The first kappa shape index (κ1) is 15.5. The summed E-state index contributed by atoms with van der Waals surface area (Å²) in [5, 5.41) is 13.1. The van der Waals surface area contributed by atoms with Crippen LogP contribution in [-0.4, -0.2) is 24.3 Å². The molecule has 1 aliphatic carbocycles. The predicted octanol–water partition coefficient (Wildman–Crippen LogP) is 3.46. The van der Waals surface area contributed by atoms with E-state index in [2.05, 4.69) is 19.2 Å². The average molecular weight is 279 g/mol. The number of nitrogens with one attached hydrogen (secondary N) is 1. The Hall–Kier alpha value is -0.930. The molecule has 1 aromatic carbocycles. The Morgan fingerprint density at radius 1 is 1.30 bits per heavy atom. The second-order valence-corrected chi connectivity index (χ2v) is 6.17. The van der Waals surface area contributed by atoms with Crippen molar-refractivity contribution in [3.8, 4) is 0 Å². The zero-order valence-corrected chi connectivity index (χ0v) is 12.5. The molecule has 0 atom stereocenters. The van der Waals surface area contributed by atoms with Gasteiger partial charge in [0.05, 0.1) is 0 Å². The minimum Gasteiger partial charge on any atom is -0.396 e. The van der Waals surface area contributed by atoms with Crippen LogP contribution in [0.4, 0.5) is 4.39 Å². The molecule has 2 N–H and O–H groups in total. The van der Waals surface area contributed by atoms with Crippen molar-refractivity contribution in [2.75, 3.05) is 13.2 Å². The van der Waals surface area contributed by atoms with Crippen molar-refractivity contribution < 1.29 is 9.50 Å². The smallest absolute Gasteiger partial charge is 0.123 e. The second kappa shape index (κ2) is 6.68. The van der Waals surface area contributed by atoms with Crippen molar-refractivity contribution in [3.63, 3.8) is 0 Å². The van der Waals surface area contributed by atoms with E-state index < -0.39 is 0 Å². The predicted molar refractivity (Wildman–Crippen MR) is 80.3 cm³/mol. The molecule has 0 aliphatic heterocycles. The molecule has 0 radical (unpaired) electrons. The first-order valence-corrected chi connectivity index (χ1v) is 7.72. The van der Waals surface area contributed by atoms with Crippen molar-refractivity contribution in [2.24, 2.45) is 5.41 Å². The van der Waals surface area contributed by atoms with E-state index in [9.17, 15) is 9.50 Å². The average Bonchev–Trinajstić information content (AvgIpc) is 2.42. The fraction of sp³-hybridized carbons (Fsp3) is 0.647. The molecule has 0 spiro atoms. The third-order valence-corrected chi connectivity index (χ3v) is 5.06. The maximum absolute atomic E-state index is 13.2. The van der Waals surface area contributed by atoms with Crippen LogP contribution in [-0.2, 0) is 0 Å². The number of halogens is 1. The van der Waals surface area contributed by atoms with Gasteiger partial charge in [0, 0.05) is 24.6 Å². The molecule has 0 bridgehead atoms. The fourth-order valence-corrected chi connectivity index (χ4v) is 2.96. The number of aliphatic hydroxyl groups is 1. The SMILES string of the molecule is CCC(CC)(CO)CNC1CC(c2cccc(F)c2)C1. The summed E-state index contributed by atoms with van der Waals surface area (Å²) in [6, 6.07) is 7.45. The molecular formula is C17H26FNO. The lowest BCUT2D eigenvalue weighted by Crippen LogP contribution is -2.46. The second-order valence-electron chi connectivity index (χ2n) is 6.17. The summed E-state index contributed by atoms with van der Waals surface area (Å²) in [5.74, 6) is 0.338. The maximum atomic E-state index is 13.2. The molecule has 1 saturated carbocycles. The van der Waals surface area contributed by atoms with Gasteiger partial charge in [-0.3, -0.25) is 0 Å². The van der Waals surface area contributed by atoms with Crippen molar-refractivity contribution in [2.45, 2.75) is 51.5 Å². The van der Waals surface area contributed by atoms with Crippen LogP contribution in [0.25, 0.3) is 0 Å². The van der Waals surface area contributed by atoms with E-state index in [0.717, 1.165) is 37.8 Å². The van der Waals surface area contributed by atoms with Gasteiger partial charge < -0.3 is 10.4 Å². The number of rotatable bonds is 7. The molecule has 0 aromatic heterocycles. The number of hydrogen-bond acceptors (Lipinski definition) is 2. The Morgan fingerprint density at radius 3 is 2.55 bits per heavy atom. The van der Waals surface area contributed by atoms with Crippen LogP contribution in [0.1, 0.15) is 51.0 Å². The summed E-state index contributed by atoms with van der Waals surface area (Å²) in [4.78, 5) is 0. The van der Waals surface area contributed by atoms with E-state index in [0.29, 0.717) is 12.0 Å². The first-order chi connectivity index (χ1) is 9.62. The highest BCUT2D eigenvalue weighted by Crippen LogP contribution is 2.37. The number of aliphatic hydroxyl groups excluding tert-OH is 1. The summed E-state index contributed by atoms with van der Waals surface area (Å²) in [6.07, 6.45) is 4.12. The molecular weight excluding hydrogens is 253 g/mol. The van der Waals surface area contributed by atoms with Gasteiger partial charge in [-0.1, -0.05) is 26.0 Å².